The van der Waals surface area contributed by atoms with Crippen LogP contribution in [0.2, 0.25) is 5.02 Å². The summed E-state index contributed by atoms with van der Waals surface area (Å²) in [7, 11) is 0. The molecule has 0 N–H and O–H groups in total. The normalized spacial score (nSPS) is 26.3. The Morgan fingerprint density at radius 1 is 1.21 bits per heavy atom. The molecule has 2 saturated heterocycles. The lowest BCUT2D eigenvalue weighted by Gasteiger charge is -2.43. The second kappa shape index (κ2) is 5.94. The van der Waals surface area contributed by atoms with Crippen LogP contribution >= 0.6 is 23.4 Å². The second-order valence-corrected chi connectivity index (χ2v) is 6.99. The first-order chi connectivity index (χ1) is 9.26. The first kappa shape index (κ1) is 13.6. The van der Waals surface area contributed by atoms with Crippen molar-refractivity contribution in [3.63, 3.8) is 0 Å². The van der Waals surface area contributed by atoms with Crippen LogP contribution < -0.4 is 4.74 Å². The Labute approximate surface area is 123 Å². The van der Waals surface area contributed by atoms with E-state index in [9.17, 15) is 0 Å². The van der Waals surface area contributed by atoms with E-state index in [-0.39, 0.29) is 11.7 Å². The standard InChI is InChI=1S/C15H19ClO2S/c16-12-1-3-13(4-2-12)18-14-5-8-17-15(11-14)6-9-19-10-7-15/h1-4,14H,5-11H2. The Morgan fingerprint density at radius 2 is 1.95 bits per heavy atom. The number of hydrogen-bond acceptors (Lipinski definition) is 3. The molecule has 2 aliphatic rings. The molecular formula is C15H19ClO2S. The molecule has 0 aliphatic carbocycles. The summed E-state index contributed by atoms with van der Waals surface area (Å²) in [5.41, 5.74) is 0.0839. The van der Waals surface area contributed by atoms with Gasteiger partial charge in [-0.25, -0.2) is 0 Å². The molecule has 19 heavy (non-hydrogen) atoms. The van der Waals surface area contributed by atoms with E-state index in [1.807, 2.05) is 36.0 Å². The van der Waals surface area contributed by atoms with Crippen molar-refractivity contribution < 1.29 is 9.47 Å². The minimum atomic E-state index is 0.0839. The largest absolute Gasteiger partial charge is 0.490 e. The minimum absolute atomic E-state index is 0.0839. The maximum absolute atomic E-state index is 6.09. The van der Waals surface area contributed by atoms with Gasteiger partial charge in [0, 0.05) is 17.9 Å². The van der Waals surface area contributed by atoms with Crippen LogP contribution in [0.1, 0.15) is 25.7 Å². The molecule has 3 rings (SSSR count). The zero-order valence-electron chi connectivity index (χ0n) is 10.9. The topological polar surface area (TPSA) is 18.5 Å². The van der Waals surface area contributed by atoms with E-state index in [0.717, 1.165) is 43.1 Å². The summed E-state index contributed by atoms with van der Waals surface area (Å²) in [6, 6.07) is 7.65. The van der Waals surface area contributed by atoms with Crippen molar-refractivity contribution in [1.82, 2.24) is 0 Å². The van der Waals surface area contributed by atoms with Crippen molar-refractivity contribution in [2.24, 2.45) is 0 Å². The Balaban J connectivity index is 1.63. The smallest absolute Gasteiger partial charge is 0.119 e. The first-order valence-electron chi connectivity index (χ1n) is 6.90. The highest BCUT2D eigenvalue weighted by Crippen LogP contribution is 2.38. The van der Waals surface area contributed by atoms with Crippen LogP contribution in [0, 0.1) is 0 Å². The van der Waals surface area contributed by atoms with E-state index in [1.54, 1.807) is 0 Å². The van der Waals surface area contributed by atoms with Crippen molar-refractivity contribution in [2.75, 3.05) is 18.1 Å². The maximum Gasteiger partial charge on any atom is 0.119 e. The molecule has 2 fully saturated rings. The molecule has 0 amide bonds. The number of thioether (sulfide) groups is 1. The fourth-order valence-electron chi connectivity index (χ4n) is 2.88. The number of benzene rings is 1. The molecule has 1 aromatic rings. The fraction of sp³-hybridized carbons (Fsp3) is 0.600. The van der Waals surface area contributed by atoms with Crippen LogP contribution in [0.25, 0.3) is 0 Å². The molecule has 1 unspecified atom stereocenters. The highest BCUT2D eigenvalue weighted by Gasteiger charge is 2.39. The SMILES string of the molecule is Clc1ccc(OC2CCOC3(CCSCC3)C2)cc1. The van der Waals surface area contributed by atoms with Gasteiger partial charge < -0.3 is 9.47 Å². The van der Waals surface area contributed by atoms with E-state index < -0.39 is 0 Å². The van der Waals surface area contributed by atoms with Crippen LogP contribution in [-0.2, 0) is 4.74 Å². The van der Waals surface area contributed by atoms with Gasteiger partial charge in [-0.2, -0.15) is 11.8 Å². The summed E-state index contributed by atoms with van der Waals surface area (Å²) in [5.74, 6) is 3.35. The van der Waals surface area contributed by atoms with E-state index >= 15 is 0 Å². The lowest BCUT2D eigenvalue weighted by atomic mass is 9.86. The monoisotopic (exact) mass is 298 g/mol. The van der Waals surface area contributed by atoms with Crippen molar-refractivity contribution in [1.29, 1.82) is 0 Å². The van der Waals surface area contributed by atoms with Crippen LogP contribution in [-0.4, -0.2) is 29.8 Å². The van der Waals surface area contributed by atoms with Gasteiger partial charge in [0.1, 0.15) is 11.9 Å². The Hall–Kier alpha value is -0.380. The van der Waals surface area contributed by atoms with E-state index in [1.165, 1.54) is 11.5 Å². The molecule has 104 valence electrons. The fourth-order valence-corrected chi connectivity index (χ4v) is 4.24. The zero-order valence-corrected chi connectivity index (χ0v) is 12.5. The number of hydrogen-bond donors (Lipinski definition) is 0. The van der Waals surface area contributed by atoms with Crippen molar-refractivity contribution in [3.8, 4) is 5.75 Å². The average Bonchev–Trinajstić information content (AvgIpc) is 2.42. The molecule has 1 spiro atoms. The van der Waals surface area contributed by atoms with Gasteiger partial charge in [-0.05, 0) is 48.6 Å². The van der Waals surface area contributed by atoms with Gasteiger partial charge in [0.15, 0.2) is 0 Å². The molecule has 0 aromatic heterocycles. The Kier molecular flexibility index (Phi) is 4.25. The molecule has 2 aliphatic heterocycles. The number of rotatable bonds is 2. The lowest BCUT2D eigenvalue weighted by Crippen LogP contribution is -2.46. The molecule has 0 saturated carbocycles. The zero-order chi connectivity index (χ0) is 13.1. The van der Waals surface area contributed by atoms with Gasteiger partial charge in [0.05, 0.1) is 12.2 Å². The van der Waals surface area contributed by atoms with Gasteiger partial charge in [-0.1, -0.05) is 11.6 Å². The average molecular weight is 299 g/mol. The van der Waals surface area contributed by atoms with Gasteiger partial charge in [0.25, 0.3) is 0 Å². The van der Waals surface area contributed by atoms with Gasteiger partial charge in [-0.3, -0.25) is 0 Å². The Bertz CT molecular complexity index is 409. The van der Waals surface area contributed by atoms with E-state index in [4.69, 9.17) is 21.1 Å². The van der Waals surface area contributed by atoms with E-state index in [2.05, 4.69) is 0 Å². The van der Waals surface area contributed by atoms with Crippen LogP contribution in [0.15, 0.2) is 24.3 Å². The van der Waals surface area contributed by atoms with Gasteiger partial charge in [0.2, 0.25) is 0 Å². The number of ether oxygens (including phenoxy) is 2. The third-order valence-electron chi connectivity index (χ3n) is 3.97. The molecular weight excluding hydrogens is 280 g/mol. The van der Waals surface area contributed by atoms with Crippen LogP contribution in [0.5, 0.6) is 5.75 Å². The van der Waals surface area contributed by atoms with Crippen LogP contribution in [0.4, 0.5) is 0 Å². The molecule has 1 atom stereocenters. The highest BCUT2D eigenvalue weighted by molar-refractivity contribution is 7.99. The van der Waals surface area contributed by atoms with Crippen molar-refractivity contribution in [2.45, 2.75) is 37.4 Å². The second-order valence-electron chi connectivity index (χ2n) is 5.33. The minimum Gasteiger partial charge on any atom is -0.490 e. The first-order valence-corrected chi connectivity index (χ1v) is 8.43. The summed E-state index contributed by atoms with van der Waals surface area (Å²) >= 11 is 7.93. The van der Waals surface area contributed by atoms with E-state index in [0.29, 0.717) is 0 Å². The molecule has 1 aromatic carbocycles. The Morgan fingerprint density at radius 3 is 2.68 bits per heavy atom. The number of halogens is 1. The van der Waals surface area contributed by atoms with Gasteiger partial charge in [-0.15, -0.1) is 0 Å². The lowest BCUT2D eigenvalue weighted by molar-refractivity contribution is -0.116. The summed E-state index contributed by atoms with van der Waals surface area (Å²) in [5, 5.41) is 0.750. The van der Waals surface area contributed by atoms with Gasteiger partial charge >= 0.3 is 0 Å². The maximum atomic E-state index is 6.09. The summed E-state index contributed by atoms with van der Waals surface area (Å²) in [6.45, 7) is 0.822. The quantitative estimate of drug-likeness (QED) is 0.816. The molecule has 0 bridgehead atoms. The molecule has 4 heteroatoms. The molecule has 2 heterocycles. The highest BCUT2D eigenvalue weighted by atomic mass is 35.5. The van der Waals surface area contributed by atoms with Crippen molar-refractivity contribution in [3.05, 3.63) is 29.3 Å². The predicted molar refractivity (Wildman–Crippen MR) is 80.3 cm³/mol. The van der Waals surface area contributed by atoms with Crippen LogP contribution in [0.3, 0.4) is 0 Å². The summed E-state index contributed by atoms with van der Waals surface area (Å²) < 4.78 is 12.2. The summed E-state index contributed by atoms with van der Waals surface area (Å²) in [6.07, 6.45) is 4.61. The van der Waals surface area contributed by atoms with Crippen molar-refractivity contribution >= 4 is 23.4 Å². The summed E-state index contributed by atoms with van der Waals surface area (Å²) in [4.78, 5) is 0. The third-order valence-corrected chi connectivity index (χ3v) is 5.21. The predicted octanol–water partition coefficient (Wildman–Crippen LogP) is 4.16. The molecule has 0 radical (unpaired) electrons. The third kappa shape index (κ3) is 3.39. The molecule has 2 nitrogen and oxygen atoms in total.